The molecule has 23 heavy (non-hydrogen) atoms. The molecule has 0 bridgehead atoms. The standard InChI is InChI=1S/C18H25N2O2.Ac/c1-12-8-15(20-11-16(10-19)22-18(20)21)9-13(2)17(12)14-6-4-3-5-7-14;/h8-9,14,16,19H,3-7,10-11H2,1-2H3;/q-1;/t16-;/m0./s1. The van der Waals surface area contributed by atoms with Crippen LogP contribution in [0.2, 0.25) is 0 Å². The Morgan fingerprint density at radius 2 is 1.78 bits per heavy atom. The van der Waals surface area contributed by atoms with Crippen LogP contribution >= 0.6 is 0 Å². The van der Waals surface area contributed by atoms with Gasteiger partial charge in [0.2, 0.25) is 0 Å². The molecule has 1 radical (unpaired) electrons. The van der Waals surface area contributed by atoms with Gasteiger partial charge in [0.05, 0.1) is 6.54 Å². The summed E-state index contributed by atoms with van der Waals surface area (Å²) < 4.78 is 5.20. The molecule has 0 unspecified atom stereocenters. The molecule has 1 heterocycles. The van der Waals surface area contributed by atoms with Crippen molar-refractivity contribution in [2.75, 3.05) is 18.0 Å². The SMILES string of the molecule is Cc1cc(N2C[C@H](C[NH-])OC2=O)cc(C)c1C1CCCCC1.[Ac]. The molecule has 4 nitrogen and oxygen atoms in total. The topological polar surface area (TPSA) is 53.3 Å². The molecular weight excluding hydrogens is 503 g/mol. The Kier molecular flexibility index (Phi) is 6.95. The number of carbonyl (C=O) groups excluding carboxylic acids is 1. The van der Waals surface area contributed by atoms with Crippen molar-refractivity contribution >= 4 is 11.8 Å². The molecular formula is C18H25AcN2O2-. The average molecular weight is 528 g/mol. The van der Waals surface area contributed by atoms with Gasteiger partial charge < -0.3 is 10.5 Å². The summed E-state index contributed by atoms with van der Waals surface area (Å²) in [6.07, 6.45) is 5.97. The summed E-state index contributed by atoms with van der Waals surface area (Å²) in [5.41, 5.74) is 12.3. The summed E-state index contributed by atoms with van der Waals surface area (Å²) in [6, 6.07) is 4.23. The van der Waals surface area contributed by atoms with Crippen LogP contribution in [-0.4, -0.2) is 25.3 Å². The largest absolute Gasteiger partial charge is 0.674 e. The van der Waals surface area contributed by atoms with Crippen molar-refractivity contribution in [3.05, 3.63) is 34.6 Å². The fourth-order valence-electron chi connectivity index (χ4n) is 3.98. The van der Waals surface area contributed by atoms with E-state index < -0.39 is 0 Å². The molecule has 1 N–H and O–H groups in total. The second-order valence-corrected chi connectivity index (χ2v) is 6.65. The number of hydrogen-bond donors (Lipinski definition) is 0. The minimum Gasteiger partial charge on any atom is -0.674 e. The maximum atomic E-state index is 12.0. The van der Waals surface area contributed by atoms with E-state index in [2.05, 4.69) is 26.0 Å². The molecule has 1 aliphatic carbocycles. The van der Waals surface area contributed by atoms with Gasteiger partial charge in [-0.15, -0.1) is 6.54 Å². The molecule has 1 saturated heterocycles. The summed E-state index contributed by atoms with van der Waals surface area (Å²) in [5.74, 6) is 0.675. The van der Waals surface area contributed by atoms with Gasteiger partial charge in [-0.2, -0.15) is 0 Å². The van der Waals surface area contributed by atoms with Crippen LogP contribution in [0.15, 0.2) is 12.1 Å². The first kappa shape index (κ1) is 19.2. The first-order chi connectivity index (χ1) is 10.6. The molecule has 1 aromatic carbocycles. The number of anilines is 1. The number of hydrogen-bond acceptors (Lipinski definition) is 2. The van der Waals surface area contributed by atoms with Gasteiger partial charge in [-0.1, -0.05) is 19.3 Å². The number of ether oxygens (including phenoxy) is 1. The van der Waals surface area contributed by atoms with Crippen molar-refractivity contribution in [1.29, 1.82) is 0 Å². The Morgan fingerprint density at radius 1 is 1.17 bits per heavy atom. The number of rotatable bonds is 3. The van der Waals surface area contributed by atoms with Crippen LogP contribution in [0.5, 0.6) is 0 Å². The van der Waals surface area contributed by atoms with Gasteiger partial charge in [0.1, 0.15) is 6.10 Å². The van der Waals surface area contributed by atoms with E-state index in [-0.39, 0.29) is 62.8 Å². The van der Waals surface area contributed by atoms with Crippen LogP contribution < -0.4 is 4.90 Å². The molecule has 0 spiro atoms. The molecule has 2 aliphatic rings. The minimum absolute atomic E-state index is 0. The van der Waals surface area contributed by atoms with E-state index in [1.165, 1.54) is 48.8 Å². The minimum atomic E-state index is -0.318. The summed E-state index contributed by atoms with van der Waals surface area (Å²) in [6.45, 7) is 4.93. The number of cyclic esters (lactones) is 1. The fourth-order valence-corrected chi connectivity index (χ4v) is 3.98. The third-order valence-corrected chi connectivity index (χ3v) is 5.01. The van der Waals surface area contributed by atoms with Crippen LogP contribution in [0.4, 0.5) is 10.5 Å². The molecule has 5 heteroatoms. The van der Waals surface area contributed by atoms with E-state index in [0.717, 1.165) is 5.69 Å². The van der Waals surface area contributed by atoms with Gasteiger partial charge in [-0.25, -0.2) is 4.79 Å². The zero-order valence-corrected chi connectivity index (χ0v) is 18.8. The number of nitrogens with zero attached hydrogens (tertiary/aromatic N) is 1. The molecule has 0 aromatic heterocycles. The first-order valence-electron chi connectivity index (χ1n) is 8.34. The number of amides is 1. The van der Waals surface area contributed by atoms with E-state index in [1.807, 2.05) is 0 Å². The number of benzene rings is 1. The van der Waals surface area contributed by atoms with Gasteiger partial charge in [0.25, 0.3) is 0 Å². The van der Waals surface area contributed by atoms with Crippen LogP contribution in [0.1, 0.15) is 54.7 Å². The molecule has 2 fully saturated rings. The third-order valence-electron chi connectivity index (χ3n) is 5.01. The third kappa shape index (κ3) is 4.11. The number of carbonyl (C=O) groups is 1. The van der Waals surface area contributed by atoms with Crippen LogP contribution in [0, 0.1) is 57.9 Å². The van der Waals surface area contributed by atoms with Gasteiger partial charge in [-0.3, -0.25) is 4.90 Å². The maximum absolute atomic E-state index is 12.0. The van der Waals surface area contributed by atoms with Gasteiger partial charge >= 0.3 is 6.09 Å². The normalized spacial score (nSPS) is 22.0. The molecule has 123 valence electrons. The Labute approximate surface area is 174 Å². The Hall–Kier alpha value is -0.108. The van der Waals surface area contributed by atoms with Crippen molar-refractivity contribution in [2.45, 2.75) is 58.0 Å². The van der Waals surface area contributed by atoms with Crippen LogP contribution in [0.25, 0.3) is 5.73 Å². The average Bonchev–Trinajstić information content (AvgIpc) is 2.89. The number of nitrogens with one attached hydrogen (secondary N) is 1. The Morgan fingerprint density at radius 3 is 2.30 bits per heavy atom. The Balaban J connectivity index is 0.00000192. The van der Waals surface area contributed by atoms with Crippen LogP contribution in [-0.2, 0) is 4.74 Å². The van der Waals surface area contributed by atoms with E-state index in [1.54, 1.807) is 4.90 Å². The van der Waals surface area contributed by atoms with Crippen LogP contribution in [0.3, 0.4) is 0 Å². The van der Waals surface area contributed by atoms with E-state index in [9.17, 15) is 4.79 Å². The van der Waals surface area contributed by atoms with Crippen molar-refractivity contribution < 1.29 is 53.6 Å². The predicted octanol–water partition coefficient (Wildman–Crippen LogP) is 4.73. The molecule has 3 rings (SSSR count). The molecule has 1 saturated carbocycles. The zero-order chi connectivity index (χ0) is 15.7. The zero-order valence-electron chi connectivity index (χ0n) is 14.1. The maximum Gasteiger partial charge on any atom is 0.414 e. The van der Waals surface area contributed by atoms with E-state index in [0.29, 0.717) is 12.5 Å². The van der Waals surface area contributed by atoms with Crippen molar-refractivity contribution in [1.82, 2.24) is 0 Å². The molecule has 1 aliphatic heterocycles. The predicted molar refractivity (Wildman–Crippen MR) is 88.5 cm³/mol. The van der Waals surface area contributed by atoms with Crippen molar-refractivity contribution in [2.24, 2.45) is 0 Å². The fraction of sp³-hybridized carbons (Fsp3) is 0.611. The summed E-state index contributed by atoms with van der Waals surface area (Å²) in [4.78, 5) is 13.6. The molecule has 1 aromatic rings. The smallest absolute Gasteiger partial charge is 0.414 e. The summed E-state index contributed by atoms with van der Waals surface area (Å²) >= 11 is 0. The number of aryl methyl sites for hydroxylation is 2. The van der Waals surface area contributed by atoms with Gasteiger partial charge in [0, 0.05) is 49.7 Å². The van der Waals surface area contributed by atoms with Gasteiger partial charge in [-0.05, 0) is 61.4 Å². The van der Waals surface area contributed by atoms with Crippen molar-refractivity contribution in [3.63, 3.8) is 0 Å². The molecule has 1 atom stereocenters. The second-order valence-electron chi connectivity index (χ2n) is 6.65. The van der Waals surface area contributed by atoms with E-state index >= 15 is 0 Å². The first-order valence-corrected chi connectivity index (χ1v) is 8.34. The van der Waals surface area contributed by atoms with Crippen molar-refractivity contribution in [3.8, 4) is 0 Å². The van der Waals surface area contributed by atoms with E-state index in [4.69, 9.17) is 10.5 Å². The molecule has 1 amide bonds. The quantitative estimate of drug-likeness (QED) is 0.570. The Bertz CT molecular complexity index is 547. The summed E-state index contributed by atoms with van der Waals surface area (Å²) in [7, 11) is 0. The second kappa shape index (κ2) is 8.32. The van der Waals surface area contributed by atoms with Gasteiger partial charge in [0.15, 0.2) is 0 Å². The monoisotopic (exact) mass is 528 g/mol. The summed E-state index contributed by atoms with van der Waals surface area (Å²) in [5, 5.41) is 0.